The molecule has 4 heteroatoms. The Bertz CT molecular complexity index is 302. The van der Waals surface area contributed by atoms with Crippen molar-refractivity contribution < 1.29 is 10.2 Å². The van der Waals surface area contributed by atoms with E-state index in [4.69, 9.17) is 17.3 Å². The molecule has 1 rings (SSSR count). The van der Waals surface area contributed by atoms with Gasteiger partial charge in [-0.25, -0.2) is 0 Å². The molecule has 0 aromatic heterocycles. The molecule has 1 unspecified atom stereocenters. The third-order valence-electron chi connectivity index (χ3n) is 1.87. The molecule has 0 heterocycles. The Morgan fingerprint density at radius 3 is 2.62 bits per heavy atom. The predicted molar refractivity (Wildman–Crippen MR) is 51.7 cm³/mol. The number of hydrogen-bond donors (Lipinski definition) is 3. The fraction of sp³-hybridized carbons (Fsp3) is 0.333. The number of nitrogens with two attached hydrogens (primary N) is 1. The van der Waals surface area contributed by atoms with Crippen LogP contribution in [-0.2, 0) is 0 Å². The summed E-state index contributed by atoms with van der Waals surface area (Å²) in [5.41, 5.74) is 6.10. The van der Waals surface area contributed by atoms with E-state index in [1.165, 1.54) is 6.07 Å². The highest BCUT2D eigenvalue weighted by Gasteiger charge is 2.15. The van der Waals surface area contributed by atoms with E-state index >= 15 is 0 Å². The molecule has 0 saturated heterocycles. The molecule has 1 aromatic carbocycles. The number of rotatable bonds is 2. The van der Waals surface area contributed by atoms with Crippen molar-refractivity contribution in [3.63, 3.8) is 0 Å². The molecule has 0 saturated carbocycles. The monoisotopic (exact) mass is 201 g/mol. The second kappa shape index (κ2) is 3.96. The van der Waals surface area contributed by atoms with E-state index in [-0.39, 0.29) is 5.75 Å². The van der Waals surface area contributed by atoms with Crippen LogP contribution < -0.4 is 5.73 Å². The summed E-state index contributed by atoms with van der Waals surface area (Å²) in [7, 11) is 0. The first-order chi connectivity index (χ1) is 6.02. The Labute approximate surface area is 81.8 Å². The SMILES string of the molecule is CC(O)[C@@H](N)c1cc(Cl)ccc1O. The summed E-state index contributed by atoms with van der Waals surface area (Å²) in [4.78, 5) is 0. The van der Waals surface area contributed by atoms with Crippen molar-refractivity contribution >= 4 is 11.6 Å². The zero-order chi connectivity index (χ0) is 10.0. The number of phenolic OH excluding ortho intramolecular Hbond substituents is 1. The van der Waals surface area contributed by atoms with E-state index in [0.29, 0.717) is 10.6 Å². The molecule has 72 valence electrons. The predicted octanol–water partition coefficient (Wildman–Crippen LogP) is 1.43. The quantitative estimate of drug-likeness (QED) is 0.678. The van der Waals surface area contributed by atoms with Crippen LogP contribution in [0.25, 0.3) is 0 Å². The van der Waals surface area contributed by atoms with Crippen molar-refractivity contribution in [2.75, 3.05) is 0 Å². The van der Waals surface area contributed by atoms with Crippen LogP contribution in [-0.4, -0.2) is 16.3 Å². The van der Waals surface area contributed by atoms with Crippen molar-refractivity contribution in [3.8, 4) is 5.75 Å². The lowest BCUT2D eigenvalue weighted by Gasteiger charge is -2.16. The van der Waals surface area contributed by atoms with Crippen LogP contribution in [0.1, 0.15) is 18.5 Å². The standard InChI is InChI=1S/C9H12ClNO2/c1-5(12)9(11)7-4-6(10)2-3-8(7)13/h2-5,9,12-13H,11H2,1H3/t5?,9-/m1/s1. The Hall–Kier alpha value is -0.770. The Balaban J connectivity index is 3.05. The number of hydrogen-bond acceptors (Lipinski definition) is 3. The first-order valence-electron chi connectivity index (χ1n) is 3.94. The van der Waals surface area contributed by atoms with Gasteiger partial charge in [0, 0.05) is 10.6 Å². The zero-order valence-electron chi connectivity index (χ0n) is 7.24. The number of halogens is 1. The minimum absolute atomic E-state index is 0.0535. The molecular formula is C9H12ClNO2. The van der Waals surface area contributed by atoms with Gasteiger partial charge in [0.05, 0.1) is 12.1 Å². The van der Waals surface area contributed by atoms with Gasteiger partial charge in [0.1, 0.15) is 5.75 Å². The summed E-state index contributed by atoms with van der Waals surface area (Å²) in [6.45, 7) is 1.56. The second-order valence-corrected chi connectivity index (χ2v) is 3.41. The van der Waals surface area contributed by atoms with Crippen LogP contribution in [0.15, 0.2) is 18.2 Å². The minimum Gasteiger partial charge on any atom is -0.508 e. The maximum Gasteiger partial charge on any atom is 0.120 e. The topological polar surface area (TPSA) is 66.5 Å². The van der Waals surface area contributed by atoms with Crippen molar-refractivity contribution in [1.29, 1.82) is 0 Å². The smallest absolute Gasteiger partial charge is 0.120 e. The molecule has 0 aliphatic carbocycles. The maximum absolute atomic E-state index is 9.40. The van der Waals surface area contributed by atoms with Gasteiger partial charge in [0.2, 0.25) is 0 Å². The van der Waals surface area contributed by atoms with Crippen molar-refractivity contribution in [1.82, 2.24) is 0 Å². The lowest BCUT2D eigenvalue weighted by atomic mass is 10.0. The van der Waals surface area contributed by atoms with Crippen molar-refractivity contribution in [2.45, 2.75) is 19.1 Å². The molecule has 13 heavy (non-hydrogen) atoms. The third kappa shape index (κ3) is 2.34. The van der Waals surface area contributed by atoms with Gasteiger partial charge in [0.25, 0.3) is 0 Å². The molecule has 0 fully saturated rings. The number of aliphatic hydroxyl groups excluding tert-OH is 1. The molecule has 4 N–H and O–H groups in total. The van der Waals surface area contributed by atoms with Gasteiger partial charge < -0.3 is 15.9 Å². The number of benzene rings is 1. The Kier molecular flexibility index (Phi) is 3.14. The van der Waals surface area contributed by atoms with Gasteiger partial charge in [-0.3, -0.25) is 0 Å². The van der Waals surface area contributed by atoms with E-state index in [2.05, 4.69) is 0 Å². The number of aliphatic hydroxyl groups is 1. The zero-order valence-corrected chi connectivity index (χ0v) is 7.99. The average molecular weight is 202 g/mol. The molecule has 3 nitrogen and oxygen atoms in total. The largest absolute Gasteiger partial charge is 0.508 e. The number of phenols is 1. The normalized spacial score (nSPS) is 15.4. The summed E-state index contributed by atoms with van der Waals surface area (Å²) in [5.74, 6) is 0.0535. The molecule has 0 radical (unpaired) electrons. The summed E-state index contributed by atoms with van der Waals surface area (Å²) in [6.07, 6.45) is -0.718. The summed E-state index contributed by atoms with van der Waals surface area (Å²) >= 11 is 5.72. The van der Waals surface area contributed by atoms with Gasteiger partial charge >= 0.3 is 0 Å². The molecule has 1 aromatic rings. The fourth-order valence-corrected chi connectivity index (χ4v) is 1.23. The Morgan fingerprint density at radius 2 is 2.08 bits per heavy atom. The molecule has 0 aliphatic rings. The van der Waals surface area contributed by atoms with Crippen LogP contribution >= 0.6 is 11.6 Å². The lowest BCUT2D eigenvalue weighted by Crippen LogP contribution is -2.23. The molecule has 0 bridgehead atoms. The average Bonchev–Trinajstić information content (AvgIpc) is 2.08. The van der Waals surface area contributed by atoms with Gasteiger partial charge in [-0.05, 0) is 25.1 Å². The lowest BCUT2D eigenvalue weighted by molar-refractivity contribution is 0.163. The highest BCUT2D eigenvalue weighted by Crippen LogP contribution is 2.27. The van der Waals surface area contributed by atoms with E-state index in [1.54, 1.807) is 19.1 Å². The molecular weight excluding hydrogens is 190 g/mol. The first kappa shape index (κ1) is 10.3. The molecule has 0 amide bonds. The van der Waals surface area contributed by atoms with Crippen molar-refractivity contribution in [2.24, 2.45) is 5.73 Å². The van der Waals surface area contributed by atoms with E-state index < -0.39 is 12.1 Å². The van der Waals surface area contributed by atoms with Gasteiger partial charge in [-0.2, -0.15) is 0 Å². The van der Waals surface area contributed by atoms with Gasteiger partial charge in [-0.15, -0.1) is 0 Å². The second-order valence-electron chi connectivity index (χ2n) is 2.97. The fourth-order valence-electron chi connectivity index (χ4n) is 1.05. The van der Waals surface area contributed by atoms with Crippen LogP contribution in [0, 0.1) is 0 Å². The molecule has 2 atom stereocenters. The van der Waals surface area contributed by atoms with E-state index in [9.17, 15) is 10.2 Å². The highest BCUT2D eigenvalue weighted by molar-refractivity contribution is 6.30. The minimum atomic E-state index is -0.718. The summed E-state index contributed by atoms with van der Waals surface area (Å²) in [5, 5.41) is 19.1. The molecule has 0 aliphatic heterocycles. The maximum atomic E-state index is 9.40. The van der Waals surface area contributed by atoms with Gasteiger partial charge in [0.15, 0.2) is 0 Å². The first-order valence-corrected chi connectivity index (χ1v) is 4.32. The van der Waals surface area contributed by atoms with Crippen LogP contribution in [0.2, 0.25) is 5.02 Å². The molecule has 0 spiro atoms. The third-order valence-corrected chi connectivity index (χ3v) is 2.10. The van der Waals surface area contributed by atoms with Gasteiger partial charge in [-0.1, -0.05) is 11.6 Å². The Morgan fingerprint density at radius 1 is 1.46 bits per heavy atom. The summed E-state index contributed by atoms with van der Waals surface area (Å²) < 4.78 is 0. The number of aromatic hydroxyl groups is 1. The highest BCUT2D eigenvalue weighted by atomic mass is 35.5. The van der Waals surface area contributed by atoms with E-state index in [0.717, 1.165) is 0 Å². The summed E-state index contributed by atoms with van der Waals surface area (Å²) in [6, 6.07) is 3.96. The van der Waals surface area contributed by atoms with Crippen LogP contribution in [0.5, 0.6) is 5.75 Å². The van der Waals surface area contributed by atoms with Crippen LogP contribution in [0.4, 0.5) is 0 Å². The van der Waals surface area contributed by atoms with E-state index in [1.807, 2.05) is 0 Å². The van der Waals surface area contributed by atoms with Crippen molar-refractivity contribution in [3.05, 3.63) is 28.8 Å². The van der Waals surface area contributed by atoms with Crippen LogP contribution in [0.3, 0.4) is 0 Å².